The number of aromatic amines is 1. The fraction of sp³-hybridized carbons (Fsp3) is 0.474. The Bertz CT molecular complexity index is 902. The zero-order valence-corrected chi connectivity index (χ0v) is 15.3. The minimum Gasteiger partial charge on any atom is -0.355 e. The van der Waals surface area contributed by atoms with Crippen molar-refractivity contribution in [3.63, 3.8) is 0 Å². The Kier molecular flexibility index (Phi) is 4.55. The van der Waals surface area contributed by atoms with Gasteiger partial charge in [0.25, 0.3) is 0 Å². The maximum atomic E-state index is 6.35. The van der Waals surface area contributed by atoms with Crippen molar-refractivity contribution < 1.29 is 4.28 Å². The summed E-state index contributed by atoms with van der Waals surface area (Å²) in [6, 6.07) is 4.17. The molecule has 7 heteroatoms. The van der Waals surface area contributed by atoms with Gasteiger partial charge in [-0.2, -0.15) is 5.10 Å². The smallest absolute Gasteiger partial charge is 0.181 e. The molecule has 0 radical (unpaired) electrons. The molecule has 3 N–H and O–H groups in total. The molecule has 2 unspecified atom stereocenters. The lowest BCUT2D eigenvalue weighted by atomic mass is 9.86. The third kappa shape index (κ3) is 3.26. The van der Waals surface area contributed by atoms with Crippen LogP contribution in [0.3, 0.4) is 0 Å². The van der Waals surface area contributed by atoms with Crippen LogP contribution in [0, 0.1) is 11.8 Å². The summed E-state index contributed by atoms with van der Waals surface area (Å²) in [5, 5.41) is 8.26. The highest BCUT2D eigenvalue weighted by Crippen LogP contribution is 2.28. The molecule has 7 nitrogen and oxygen atoms in total. The first kappa shape index (κ1) is 16.9. The SMILES string of the molecule is CC(C)CC1CN(c2cncc(-c3[nH]nc4ncccc34)n2)CCC1N.[HH].[HH].[HH]. The van der Waals surface area contributed by atoms with Gasteiger partial charge in [-0.25, -0.2) is 9.97 Å². The highest BCUT2D eigenvalue weighted by molar-refractivity contribution is 5.89. The summed E-state index contributed by atoms with van der Waals surface area (Å²) in [6.07, 6.45) is 7.47. The molecular weight excluding hydrogens is 326 g/mol. The van der Waals surface area contributed by atoms with Gasteiger partial charge in [-0.15, -0.1) is 0 Å². The van der Waals surface area contributed by atoms with Crippen LogP contribution >= 0.6 is 0 Å². The molecule has 0 aliphatic carbocycles. The number of nitrogens with one attached hydrogen (secondary N) is 1. The Balaban J connectivity index is 0.00000140. The summed E-state index contributed by atoms with van der Waals surface area (Å²) in [5.74, 6) is 2.04. The summed E-state index contributed by atoms with van der Waals surface area (Å²) in [6.45, 7) is 6.36. The Labute approximate surface area is 157 Å². The molecular formula is C19H31N7. The van der Waals surface area contributed by atoms with Gasteiger partial charge in [-0.05, 0) is 36.8 Å². The van der Waals surface area contributed by atoms with Crippen molar-refractivity contribution in [3.05, 3.63) is 30.7 Å². The van der Waals surface area contributed by atoms with Crippen LogP contribution in [0.1, 0.15) is 31.0 Å². The molecule has 1 aliphatic rings. The molecule has 2 atom stereocenters. The standard InChI is InChI=1S/C19H25N7.3H2/c1-12(2)8-13-11-26(7-5-15(13)20)17-10-21-9-16(23-17)18-14-4-3-6-22-19(14)25-24-18;;;/h3-4,6,9-10,12-13,15H,5,7-8,11,20H2,1-2H3,(H,22,24,25);3*1H. The number of nitrogens with zero attached hydrogens (tertiary/aromatic N) is 5. The van der Waals surface area contributed by atoms with Crippen molar-refractivity contribution in [2.24, 2.45) is 17.6 Å². The Morgan fingerprint density at radius 2 is 2.27 bits per heavy atom. The first-order valence-corrected chi connectivity index (χ1v) is 9.24. The van der Waals surface area contributed by atoms with Crippen LogP contribution in [-0.4, -0.2) is 44.3 Å². The lowest BCUT2D eigenvalue weighted by molar-refractivity contribution is 0.303. The number of anilines is 1. The van der Waals surface area contributed by atoms with Crippen LogP contribution in [0.25, 0.3) is 22.4 Å². The van der Waals surface area contributed by atoms with Crippen LogP contribution in [0.15, 0.2) is 30.7 Å². The fourth-order valence-corrected chi connectivity index (χ4v) is 3.79. The molecule has 1 fully saturated rings. The van der Waals surface area contributed by atoms with E-state index in [0.29, 0.717) is 17.5 Å². The van der Waals surface area contributed by atoms with E-state index >= 15 is 0 Å². The Hall–Kier alpha value is -2.54. The van der Waals surface area contributed by atoms with Crippen LogP contribution in [0.2, 0.25) is 0 Å². The second-order valence-electron chi connectivity index (χ2n) is 7.52. The predicted octanol–water partition coefficient (Wildman–Crippen LogP) is 3.35. The van der Waals surface area contributed by atoms with Gasteiger partial charge in [-0.1, -0.05) is 13.8 Å². The molecule has 4 heterocycles. The number of H-pyrrole nitrogens is 1. The lowest BCUT2D eigenvalue weighted by Crippen LogP contribution is -2.47. The van der Waals surface area contributed by atoms with E-state index in [1.807, 2.05) is 18.3 Å². The minimum atomic E-state index is 0. The van der Waals surface area contributed by atoms with Crippen LogP contribution in [0.4, 0.5) is 5.82 Å². The number of piperidine rings is 1. The molecule has 1 saturated heterocycles. The second-order valence-corrected chi connectivity index (χ2v) is 7.52. The van der Waals surface area contributed by atoms with Crippen molar-refractivity contribution in [1.82, 2.24) is 25.1 Å². The van der Waals surface area contributed by atoms with E-state index in [0.717, 1.165) is 48.5 Å². The Morgan fingerprint density at radius 3 is 3.12 bits per heavy atom. The molecule has 0 spiro atoms. The molecule has 3 aromatic heterocycles. The van der Waals surface area contributed by atoms with E-state index in [9.17, 15) is 0 Å². The van der Waals surface area contributed by atoms with E-state index in [-0.39, 0.29) is 10.3 Å². The summed E-state index contributed by atoms with van der Waals surface area (Å²) in [5.41, 5.74) is 8.69. The average Bonchev–Trinajstić information content (AvgIpc) is 3.07. The van der Waals surface area contributed by atoms with Gasteiger partial charge in [-0.3, -0.25) is 10.1 Å². The topological polar surface area (TPSA) is 96.6 Å². The van der Waals surface area contributed by atoms with Crippen molar-refractivity contribution in [2.75, 3.05) is 18.0 Å². The van der Waals surface area contributed by atoms with Gasteiger partial charge in [0.2, 0.25) is 0 Å². The second kappa shape index (κ2) is 6.99. The number of hydrogen-bond acceptors (Lipinski definition) is 6. The molecule has 3 aromatic rings. The summed E-state index contributed by atoms with van der Waals surface area (Å²) in [4.78, 5) is 15.9. The molecule has 1 aliphatic heterocycles. The quantitative estimate of drug-likeness (QED) is 0.743. The number of nitrogens with two attached hydrogens (primary N) is 1. The molecule has 0 aromatic carbocycles. The lowest BCUT2D eigenvalue weighted by Gasteiger charge is -2.38. The largest absolute Gasteiger partial charge is 0.355 e. The average molecular weight is 358 g/mol. The van der Waals surface area contributed by atoms with Crippen LogP contribution in [0.5, 0.6) is 0 Å². The third-order valence-electron chi connectivity index (χ3n) is 5.10. The summed E-state index contributed by atoms with van der Waals surface area (Å²) >= 11 is 0. The minimum absolute atomic E-state index is 0. The van der Waals surface area contributed by atoms with Gasteiger partial charge >= 0.3 is 0 Å². The van der Waals surface area contributed by atoms with E-state index in [4.69, 9.17) is 10.7 Å². The van der Waals surface area contributed by atoms with Crippen molar-refractivity contribution in [1.29, 1.82) is 0 Å². The van der Waals surface area contributed by atoms with Gasteiger partial charge in [0.05, 0.1) is 18.1 Å². The molecule has 0 bridgehead atoms. The fourth-order valence-electron chi connectivity index (χ4n) is 3.79. The normalized spacial score (nSPS) is 20.8. The van der Waals surface area contributed by atoms with E-state index in [1.54, 1.807) is 12.4 Å². The van der Waals surface area contributed by atoms with Crippen LogP contribution in [-0.2, 0) is 0 Å². The number of aromatic nitrogens is 5. The molecule has 4 rings (SSSR count). The van der Waals surface area contributed by atoms with Crippen molar-refractivity contribution >= 4 is 16.9 Å². The van der Waals surface area contributed by atoms with Gasteiger partial charge in [0.15, 0.2) is 5.65 Å². The molecule has 0 amide bonds. The summed E-state index contributed by atoms with van der Waals surface area (Å²) in [7, 11) is 0. The highest BCUT2D eigenvalue weighted by atomic mass is 15.2. The van der Waals surface area contributed by atoms with Crippen molar-refractivity contribution in [3.8, 4) is 11.4 Å². The van der Waals surface area contributed by atoms with E-state index in [2.05, 4.69) is 38.9 Å². The van der Waals surface area contributed by atoms with Crippen LogP contribution < -0.4 is 10.6 Å². The van der Waals surface area contributed by atoms with Crippen molar-refractivity contribution in [2.45, 2.75) is 32.7 Å². The first-order chi connectivity index (χ1) is 12.6. The number of hydrogen-bond donors (Lipinski definition) is 2. The monoisotopic (exact) mass is 357 g/mol. The number of rotatable bonds is 4. The third-order valence-corrected chi connectivity index (χ3v) is 5.10. The maximum absolute atomic E-state index is 6.35. The van der Waals surface area contributed by atoms with E-state index < -0.39 is 0 Å². The predicted molar refractivity (Wildman–Crippen MR) is 109 cm³/mol. The van der Waals surface area contributed by atoms with Gasteiger partial charge in [0.1, 0.15) is 11.5 Å². The first-order valence-electron chi connectivity index (χ1n) is 9.24. The van der Waals surface area contributed by atoms with Gasteiger partial charge in [0, 0.05) is 35.0 Å². The highest BCUT2D eigenvalue weighted by Gasteiger charge is 2.28. The maximum Gasteiger partial charge on any atom is 0.181 e. The zero-order valence-electron chi connectivity index (χ0n) is 15.3. The molecule has 26 heavy (non-hydrogen) atoms. The van der Waals surface area contributed by atoms with Gasteiger partial charge < -0.3 is 10.6 Å². The zero-order chi connectivity index (χ0) is 18.1. The Morgan fingerprint density at radius 1 is 1.38 bits per heavy atom. The number of fused-ring (bicyclic) bond motifs is 1. The summed E-state index contributed by atoms with van der Waals surface area (Å²) < 4.78 is 0. The molecule has 142 valence electrons. The van der Waals surface area contributed by atoms with E-state index in [1.165, 1.54) is 0 Å². The molecule has 0 saturated carbocycles. The number of pyridine rings is 1.